The molecular formula is C22H27ClN2O2. The van der Waals surface area contributed by atoms with Crippen LogP contribution in [-0.4, -0.2) is 29.8 Å². The molecule has 1 N–H and O–H groups in total. The summed E-state index contributed by atoms with van der Waals surface area (Å²) in [6.45, 7) is 6.21. The van der Waals surface area contributed by atoms with Crippen molar-refractivity contribution < 1.29 is 9.59 Å². The summed E-state index contributed by atoms with van der Waals surface area (Å²) in [5, 5.41) is 3.26. The Morgan fingerprint density at radius 2 is 1.81 bits per heavy atom. The number of carbonyl (C=O) groups excluding carboxylic acids is 2. The van der Waals surface area contributed by atoms with Gasteiger partial charge < -0.3 is 10.2 Å². The number of carbonyl (C=O) groups is 2. The lowest BCUT2D eigenvalue weighted by Gasteiger charge is -2.30. The zero-order valence-electron chi connectivity index (χ0n) is 16.4. The summed E-state index contributed by atoms with van der Waals surface area (Å²) in [7, 11) is 1.59. The van der Waals surface area contributed by atoms with Crippen molar-refractivity contribution in [1.29, 1.82) is 0 Å². The summed E-state index contributed by atoms with van der Waals surface area (Å²) >= 11 is 6.30. The Morgan fingerprint density at radius 3 is 2.44 bits per heavy atom. The number of hydrogen-bond donors (Lipinski definition) is 1. The van der Waals surface area contributed by atoms with Crippen molar-refractivity contribution in [2.75, 3.05) is 7.05 Å². The van der Waals surface area contributed by atoms with Gasteiger partial charge in [0, 0.05) is 18.6 Å². The number of likely N-dealkylation sites (N-methyl/N-ethyl adjacent to an activating group) is 1. The van der Waals surface area contributed by atoms with Crippen LogP contribution in [0.4, 0.5) is 0 Å². The molecule has 4 nitrogen and oxygen atoms in total. The third-order valence-electron chi connectivity index (χ3n) is 4.78. The number of rotatable bonds is 7. The van der Waals surface area contributed by atoms with E-state index < -0.39 is 6.04 Å². The number of hydrogen-bond acceptors (Lipinski definition) is 2. The summed E-state index contributed by atoms with van der Waals surface area (Å²) in [6.07, 6.45) is 0.786. The van der Waals surface area contributed by atoms with E-state index in [-0.39, 0.29) is 18.2 Å². The van der Waals surface area contributed by atoms with Crippen LogP contribution in [0.5, 0.6) is 0 Å². The lowest BCUT2D eigenvalue weighted by Crippen LogP contribution is -2.48. The molecule has 0 aliphatic heterocycles. The monoisotopic (exact) mass is 386 g/mol. The lowest BCUT2D eigenvalue weighted by molar-refractivity contribution is -0.140. The van der Waals surface area contributed by atoms with Gasteiger partial charge in [0.05, 0.1) is 6.42 Å². The molecule has 27 heavy (non-hydrogen) atoms. The second kappa shape index (κ2) is 9.56. The van der Waals surface area contributed by atoms with E-state index in [9.17, 15) is 9.59 Å². The molecule has 2 amide bonds. The highest BCUT2D eigenvalue weighted by Crippen LogP contribution is 2.21. The molecular weight excluding hydrogens is 360 g/mol. The van der Waals surface area contributed by atoms with Gasteiger partial charge in [-0.25, -0.2) is 0 Å². The fourth-order valence-electron chi connectivity index (χ4n) is 3.15. The molecule has 144 valence electrons. The average molecular weight is 387 g/mol. The van der Waals surface area contributed by atoms with Crippen LogP contribution in [-0.2, 0) is 22.6 Å². The predicted molar refractivity (Wildman–Crippen MR) is 110 cm³/mol. The first-order valence-electron chi connectivity index (χ1n) is 9.18. The maximum Gasteiger partial charge on any atom is 0.242 e. The van der Waals surface area contributed by atoms with E-state index in [4.69, 9.17) is 11.6 Å². The molecule has 2 aromatic rings. The van der Waals surface area contributed by atoms with Crippen molar-refractivity contribution in [3.63, 3.8) is 0 Å². The first kappa shape index (κ1) is 21.0. The molecule has 0 aliphatic carbocycles. The van der Waals surface area contributed by atoms with Gasteiger partial charge in [0.2, 0.25) is 11.8 Å². The maximum absolute atomic E-state index is 13.2. The van der Waals surface area contributed by atoms with Crippen molar-refractivity contribution >= 4 is 23.4 Å². The molecule has 1 atom stereocenters. The molecule has 0 saturated carbocycles. The Hall–Kier alpha value is -2.33. The van der Waals surface area contributed by atoms with Crippen LogP contribution in [0, 0.1) is 13.8 Å². The lowest BCUT2D eigenvalue weighted by atomic mass is 10.0. The number of benzene rings is 2. The second-order valence-electron chi connectivity index (χ2n) is 6.76. The SMILES string of the molecule is CC[C@H](C(=O)NC)N(Cc1ccccc1Cl)C(=O)Cc1cc(C)ccc1C. The van der Waals surface area contributed by atoms with Crippen molar-refractivity contribution in [1.82, 2.24) is 10.2 Å². The van der Waals surface area contributed by atoms with E-state index in [1.165, 1.54) is 0 Å². The Balaban J connectivity index is 2.35. The molecule has 0 unspecified atom stereocenters. The third-order valence-corrected chi connectivity index (χ3v) is 5.15. The molecule has 0 saturated heterocycles. The van der Waals surface area contributed by atoms with Gasteiger partial charge in [-0.2, -0.15) is 0 Å². The van der Waals surface area contributed by atoms with E-state index >= 15 is 0 Å². The summed E-state index contributed by atoms with van der Waals surface area (Å²) in [5.41, 5.74) is 3.99. The summed E-state index contributed by atoms with van der Waals surface area (Å²) in [6, 6.07) is 13.0. The minimum atomic E-state index is -0.538. The van der Waals surface area contributed by atoms with Crippen LogP contribution in [0.25, 0.3) is 0 Å². The van der Waals surface area contributed by atoms with Gasteiger partial charge >= 0.3 is 0 Å². The predicted octanol–water partition coefficient (Wildman–Crippen LogP) is 4.05. The van der Waals surface area contributed by atoms with Gasteiger partial charge in [-0.05, 0) is 43.0 Å². The van der Waals surface area contributed by atoms with Crippen molar-refractivity contribution in [2.24, 2.45) is 0 Å². The Bertz CT molecular complexity index is 820. The maximum atomic E-state index is 13.2. The molecule has 0 radical (unpaired) electrons. The minimum Gasteiger partial charge on any atom is -0.357 e. The van der Waals surface area contributed by atoms with E-state index in [1.807, 2.05) is 57.2 Å². The number of nitrogens with one attached hydrogen (secondary N) is 1. The molecule has 2 rings (SSSR count). The van der Waals surface area contributed by atoms with Crippen molar-refractivity contribution in [2.45, 2.75) is 46.2 Å². The molecule has 5 heteroatoms. The van der Waals surface area contributed by atoms with Crippen LogP contribution in [0.1, 0.15) is 35.6 Å². The van der Waals surface area contributed by atoms with E-state index in [2.05, 4.69) is 5.32 Å². The normalized spacial score (nSPS) is 11.7. The zero-order chi connectivity index (χ0) is 20.0. The topological polar surface area (TPSA) is 49.4 Å². The molecule has 2 aromatic carbocycles. The molecule has 0 aromatic heterocycles. The van der Waals surface area contributed by atoms with Gasteiger partial charge in [0.25, 0.3) is 0 Å². The number of halogens is 1. The second-order valence-corrected chi connectivity index (χ2v) is 7.17. The largest absolute Gasteiger partial charge is 0.357 e. The van der Waals surface area contributed by atoms with E-state index in [0.29, 0.717) is 18.0 Å². The molecule has 0 fully saturated rings. The minimum absolute atomic E-state index is 0.0842. The van der Waals surface area contributed by atoms with Crippen LogP contribution in [0.15, 0.2) is 42.5 Å². The van der Waals surface area contributed by atoms with Gasteiger partial charge in [-0.1, -0.05) is 60.5 Å². The van der Waals surface area contributed by atoms with Crippen LogP contribution in [0.3, 0.4) is 0 Å². The first-order valence-corrected chi connectivity index (χ1v) is 9.55. The van der Waals surface area contributed by atoms with Gasteiger partial charge in [-0.3, -0.25) is 9.59 Å². The molecule has 0 spiro atoms. The van der Waals surface area contributed by atoms with Gasteiger partial charge in [0.15, 0.2) is 0 Å². The van der Waals surface area contributed by atoms with Crippen LogP contribution < -0.4 is 5.32 Å². The number of nitrogens with zero attached hydrogens (tertiary/aromatic N) is 1. The summed E-state index contributed by atoms with van der Waals surface area (Å²) in [4.78, 5) is 27.3. The highest BCUT2D eigenvalue weighted by Gasteiger charge is 2.28. The number of amides is 2. The highest BCUT2D eigenvalue weighted by atomic mass is 35.5. The van der Waals surface area contributed by atoms with Crippen LogP contribution in [0.2, 0.25) is 5.02 Å². The molecule has 0 heterocycles. The van der Waals surface area contributed by atoms with Crippen molar-refractivity contribution in [3.8, 4) is 0 Å². The van der Waals surface area contributed by atoms with Crippen molar-refractivity contribution in [3.05, 3.63) is 69.7 Å². The first-order chi connectivity index (χ1) is 12.9. The zero-order valence-corrected chi connectivity index (χ0v) is 17.1. The smallest absolute Gasteiger partial charge is 0.242 e. The molecule has 0 bridgehead atoms. The van der Waals surface area contributed by atoms with Gasteiger partial charge in [0.1, 0.15) is 6.04 Å². The van der Waals surface area contributed by atoms with E-state index in [0.717, 1.165) is 22.3 Å². The Kier molecular flexibility index (Phi) is 7.43. The Morgan fingerprint density at radius 1 is 1.11 bits per heavy atom. The van der Waals surface area contributed by atoms with E-state index in [1.54, 1.807) is 18.0 Å². The fourth-order valence-corrected chi connectivity index (χ4v) is 3.35. The number of aryl methyl sites for hydroxylation is 2. The summed E-state index contributed by atoms with van der Waals surface area (Å²) in [5.74, 6) is -0.252. The third kappa shape index (κ3) is 5.33. The molecule has 0 aliphatic rings. The average Bonchev–Trinajstić information content (AvgIpc) is 2.65. The summed E-state index contributed by atoms with van der Waals surface area (Å²) < 4.78 is 0. The van der Waals surface area contributed by atoms with Gasteiger partial charge in [-0.15, -0.1) is 0 Å². The quantitative estimate of drug-likeness (QED) is 0.780. The standard InChI is InChI=1S/C22H27ClN2O2/c1-5-20(22(27)24-4)25(14-17-8-6-7-9-19(17)23)21(26)13-18-12-15(2)10-11-16(18)3/h6-12,20H,5,13-14H2,1-4H3,(H,24,27)/t20-/m1/s1. The van der Waals surface area contributed by atoms with Crippen LogP contribution >= 0.6 is 11.6 Å². The highest BCUT2D eigenvalue weighted by molar-refractivity contribution is 6.31. The Labute approximate surface area is 166 Å². The fraction of sp³-hybridized carbons (Fsp3) is 0.364.